The zero-order valence-electron chi connectivity index (χ0n) is 10.7. The standard InChI is InChI=1S/C11H21N5O/c1-4-5-9(7-17-3)14-10-8(2)6-13-11(15-10)16-12/h6,9H,4-5,7,12H2,1-3H3,(H2,13,14,15,16). The number of hydrogen-bond donors (Lipinski definition) is 3. The van der Waals surface area contributed by atoms with E-state index in [-0.39, 0.29) is 6.04 Å². The van der Waals surface area contributed by atoms with Gasteiger partial charge in [-0.05, 0) is 13.3 Å². The normalized spacial score (nSPS) is 12.2. The number of anilines is 2. The molecule has 1 rings (SSSR count). The van der Waals surface area contributed by atoms with E-state index in [0.717, 1.165) is 24.2 Å². The van der Waals surface area contributed by atoms with E-state index in [4.69, 9.17) is 10.6 Å². The number of methoxy groups -OCH3 is 1. The molecule has 0 spiro atoms. The Morgan fingerprint density at radius 2 is 2.29 bits per heavy atom. The summed E-state index contributed by atoms with van der Waals surface area (Å²) in [5, 5.41) is 3.35. The second kappa shape index (κ2) is 7.03. The molecule has 0 saturated heterocycles. The smallest absolute Gasteiger partial charge is 0.239 e. The summed E-state index contributed by atoms with van der Waals surface area (Å²) in [6, 6.07) is 0.254. The molecule has 4 N–H and O–H groups in total. The van der Waals surface area contributed by atoms with Crippen LogP contribution in [-0.4, -0.2) is 29.7 Å². The summed E-state index contributed by atoms with van der Waals surface area (Å²) in [6.45, 7) is 4.76. The molecule has 1 aromatic heterocycles. The Labute approximate surface area is 102 Å². The highest BCUT2D eigenvalue weighted by molar-refractivity contribution is 5.46. The van der Waals surface area contributed by atoms with Crippen molar-refractivity contribution in [2.24, 2.45) is 5.84 Å². The molecule has 0 aliphatic heterocycles. The molecule has 17 heavy (non-hydrogen) atoms. The highest BCUT2D eigenvalue weighted by Gasteiger charge is 2.10. The van der Waals surface area contributed by atoms with Crippen molar-refractivity contribution in [2.45, 2.75) is 32.7 Å². The van der Waals surface area contributed by atoms with E-state index in [9.17, 15) is 0 Å². The van der Waals surface area contributed by atoms with Gasteiger partial charge in [-0.2, -0.15) is 4.98 Å². The van der Waals surface area contributed by atoms with Crippen LogP contribution in [0.1, 0.15) is 25.3 Å². The number of rotatable bonds is 7. The van der Waals surface area contributed by atoms with E-state index in [1.54, 1.807) is 13.3 Å². The Hall–Kier alpha value is -1.40. The van der Waals surface area contributed by atoms with Crippen molar-refractivity contribution in [1.29, 1.82) is 0 Å². The maximum atomic E-state index is 5.29. The van der Waals surface area contributed by atoms with Crippen LogP contribution in [0.3, 0.4) is 0 Å². The number of nitrogen functional groups attached to an aromatic ring is 1. The molecule has 0 saturated carbocycles. The first kappa shape index (κ1) is 13.7. The Bertz CT molecular complexity index is 339. The molecular formula is C11H21N5O. The average molecular weight is 239 g/mol. The number of nitrogens with one attached hydrogen (secondary N) is 2. The van der Waals surface area contributed by atoms with Gasteiger partial charge in [0.1, 0.15) is 5.82 Å². The van der Waals surface area contributed by atoms with E-state index in [1.165, 1.54) is 0 Å². The molecule has 0 amide bonds. The molecule has 0 bridgehead atoms. The lowest BCUT2D eigenvalue weighted by Crippen LogP contribution is -2.26. The van der Waals surface area contributed by atoms with Gasteiger partial charge in [0.2, 0.25) is 5.95 Å². The van der Waals surface area contributed by atoms with Gasteiger partial charge >= 0.3 is 0 Å². The number of aromatic nitrogens is 2. The monoisotopic (exact) mass is 239 g/mol. The minimum Gasteiger partial charge on any atom is -0.383 e. The Morgan fingerprint density at radius 3 is 2.88 bits per heavy atom. The fraction of sp³-hybridized carbons (Fsp3) is 0.636. The van der Waals surface area contributed by atoms with Gasteiger partial charge in [-0.15, -0.1) is 0 Å². The molecule has 0 aliphatic carbocycles. The van der Waals surface area contributed by atoms with E-state index >= 15 is 0 Å². The van der Waals surface area contributed by atoms with Crippen LogP contribution in [-0.2, 0) is 4.74 Å². The van der Waals surface area contributed by atoms with E-state index in [1.807, 2.05) is 6.92 Å². The van der Waals surface area contributed by atoms with Gasteiger partial charge in [0, 0.05) is 18.9 Å². The fourth-order valence-corrected chi connectivity index (χ4v) is 1.60. The van der Waals surface area contributed by atoms with Crippen LogP contribution in [0.2, 0.25) is 0 Å². The van der Waals surface area contributed by atoms with Crippen LogP contribution in [0.25, 0.3) is 0 Å². The summed E-state index contributed by atoms with van der Waals surface area (Å²) in [6.07, 6.45) is 3.86. The number of hydrazine groups is 1. The van der Waals surface area contributed by atoms with Crippen LogP contribution in [0.15, 0.2) is 6.20 Å². The lowest BCUT2D eigenvalue weighted by molar-refractivity contribution is 0.182. The number of ether oxygens (including phenoxy) is 1. The largest absolute Gasteiger partial charge is 0.383 e. The van der Waals surface area contributed by atoms with E-state index < -0.39 is 0 Å². The summed E-state index contributed by atoms with van der Waals surface area (Å²) < 4.78 is 5.18. The molecule has 1 aromatic rings. The van der Waals surface area contributed by atoms with Crippen LogP contribution in [0.5, 0.6) is 0 Å². The quantitative estimate of drug-likeness (QED) is 0.491. The predicted octanol–water partition coefficient (Wildman–Crippen LogP) is 1.30. The van der Waals surface area contributed by atoms with Crippen LogP contribution in [0.4, 0.5) is 11.8 Å². The molecule has 1 heterocycles. The van der Waals surface area contributed by atoms with Gasteiger partial charge in [-0.1, -0.05) is 13.3 Å². The van der Waals surface area contributed by atoms with Gasteiger partial charge in [-0.3, -0.25) is 5.43 Å². The first-order chi connectivity index (χ1) is 8.21. The summed E-state index contributed by atoms with van der Waals surface area (Å²) >= 11 is 0. The molecule has 96 valence electrons. The third-order valence-corrected chi connectivity index (χ3v) is 2.45. The van der Waals surface area contributed by atoms with E-state index in [2.05, 4.69) is 27.6 Å². The number of hydrogen-bond acceptors (Lipinski definition) is 6. The topological polar surface area (TPSA) is 85.1 Å². The van der Waals surface area contributed by atoms with Crippen LogP contribution in [0, 0.1) is 6.92 Å². The summed E-state index contributed by atoms with van der Waals surface area (Å²) in [5.41, 5.74) is 3.43. The number of nitrogens with two attached hydrogens (primary N) is 1. The highest BCUT2D eigenvalue weighted by Crippen LogP contribution is 2.14. The zero-order chi connectivity index (χ0) is 12.7. The number of nitrogens with zero attached hydrogens (tertiary/aromatic N) is 2. The molecule has 0 aliphatic rings. The Morgan fingerprint density at radius 1 is 1.53 bits per heavy atom. The first-order valence-electron chi connectivity index (χ1n) is 5.77. The molecule has 1 atom stereocenters. The maximum absolute atomic E-state index is 5.29. The minimum absolute atomic E-state index is 0.254. The fourth-order valence-electron chi connectivity index (χ4n) is 1.60. The third-order valence-electron chi connectivity index (χ3n) is 2.45. The molecule has 0 aromatic carbocycles. The molecule has 0 radical (unpaired) electrons. The SMILES string of the molecule is CCCC(COC)Nc1nc(NN)ncc1C. The summed E-state index contributed by atoms with van der Waals surface area (Å²) in [5.74, 6) is 6.49. The summed E-state index contributed by atoms with van der Waals surface area (Å²) in [4.78, 5) is 8.32. The van der Waals surface area contributed by atoms with Gasteiger partial charge in [0.05, 0.1) is 12.6 Å². The Kier molecular flexibility index (Phi) is 5.65. The zero-order valence-corrected chi connectivity index (χ0v) is 10.7. The third kappa shape index (κ3) is 4.16. The lowest BCUT2D eigenvalue weighted by atomic mass is 10.2. The second-order valence-electron chi connectivity index (χ2n) is 3.95. The summed E-state index contributed by atoms with van der Waals surface area (Å²) in [7, 11) is 1.70. The van der Waals surface area contributed by atoms with Gasteiger partial charge in [0.25, 0.3) is 0 Å². The maximum Gasteiger partial charge on any atom is 0.239 e. The predicted molar refractivity (Wildman–Crippen MR) is 68.8 cm³/mol. The molecular weight excluding hydrogens is 218 g/mol. The van der Waals surface area contributed by atoms with Crippen molar-refractivity contribution in [3.8, 4) is 0 Å². The van der Waals surface area contributed by atoms with Crippen molar-refractivity contribution in [3.05, 3.63) is 11.8 Å². The molecule has 1 unspecified atom stereocenters. The van der Waals surface area contributed by atoms with Crippen molar-refractivity contribution in [2.75, 3.05) is 24.5 Å². The molecule has 6 nitrogen and oxygen atoms in total. The highest BCUT2D eigenvalue weighted by atomic mass is 16.5. The Balaban J connectivity index is 2.76. The van der Waals surface area contributed by atoms with Gasteiger partial charge < -0.3 is 10.1 Å². The number of aryl methyl sites for hydroxylation is 1. The molecule has 6 heteroatoms. The van der Waals surface area contributed by atoms with Crippen LogP contribution >= 0.6 is 0 Å². The van der Waals surface area contributed by atoms with Crippen molar-refractivity contribution in [1.82, 2.24) is 9.97 Å². The van der Waals surface area contributed by atoms with Crippen molar-refractivity contribution in [3.63, 3.8) is 0 Å². The van der Waals surface area contributed by atoms with Gasteiger partial charge in [0.15, 0.2) is 0 Å². The molecule has 0 fully saturated rings. The van der Waals surface area contributed by atoms with Crippen LogP contribution < -0.4 is 16.6 Å². The average Bonchev–Trinajstić information content (AvgIpc) is 2.32. The van der Waals surface area contributed by atoms with Gasteiger partial charge in [-0.25, -0.2) is 10.8 Å². The first-order valence-corrected chi connectivity index (χ1v) is 5.77. The van der Waals surface area contributed by atoms with Crippen molar-refractivity contribution >= 4 is 11.8 Å². The minimum atomic E-state index is 0.254. The lowest BCUT2D eigenvalue weighted by Gasteiger charge is -2.19. The van der Waals surface area contributed by atoms with Crippen molar-refractivity contribution < 1.29 is 4.74 Å². The second-order valence-corrected chi connectivity index (χ2v) is 3.95. The van der Waals surface area contributed by atoms with E-state index in [0.29, 0.717) is 12.6 Å².